The van der Waals surface area contributed by atoms with Crippen molar-refractivity contribution >= 4 is 5.91 Å². The van der Waals surface area contributed by atoms with Crippen LogP contribution in [0.3, 0.4) is 0 Å². The lowest BCUT2D eigenvalue weighted by molar-refractivity contribution is -0.219. The molecule has 0 bridgehead atoms. The SMILES string of the molecule is CC(C)C1(C(=O)N2CCC23COC3)CC(C)(F)C1. The second-order valence-electron chi connectivity index (χ2n) is 7.00. The van der Waals surface area contributed by atoms with E-state index >= 15 is 0 Å². The molecule has 0 unspecified atom stereocenters. The van der Waals surface area contributed by atoms with Gasteiger partial charge in [0.25, 0.3) is 0 Å². The van der Waals surface area contributed by atoms with Crippen molar-refractivity contribution in [2.75, 3.05) is 19.8 Å². The van der Waals surface area contributed by atoms with Crippen molar-refractivity contribution in [3.63, 3.8) is 0 Å². The summed E-state index contributed by atoms with van der Waals surface area (Å²) < 4.78 is 19.2. The summed E-state index contributed by atoms with van der Waals surface area (Å²) in [5.41, 5.74) is -1.65. The smallest absolute Gasteiger partial charge is 0.229 e. The van der Waals surface area contributed by atoms with Crippen LogP contribution in [0.1, 0.15) is 40.0 Å². The Morgan fingerprint density at radius 3 is 2.22 bits per heavy atom. The minimum absolute atomic E-state index is 0.0265. The molecule has 3 aliphatic rings. The number of hydrogen-bond acceptors (Lipinski definition) is 2. The molecule has 2 heterocycles. The van der Waals surface area contributed by atoms with E-state index in [4.69, 9.17) is 4.74 Å². The number of ether oxygens (including phenoxy) is 1. The molecule has 1 amide bonds. The molecule has 4 heteroatoms. The van der Waals surface area contributed by atoms with Crippen molar-refractivity contribution in [1.29, 1.82) is 0 Å². The summed E-state index contributed by atoms with van der Waals surface area (Å²) >= 11 is 0. The fourth-order valence-electron chi connectivity index (χ4n) is 3.83. The maximum absolute atomic E-state index is 13.9. The first-order valence-electron chi connectivity index (χ1n) is 6.90. The van der Waals surface area contributed by atoms with Crippen LogP contribution in [-0.4, -0.2) is 41.8 Å². The third kappa shape index (κ3) is 1.41. The Hall–Kier alpha value is -0.640. The first-order chi connectivity index (χ1) is 8.31. The number of carbonyl (C=O) groups excluding carboxylic acids is 1. The van der Waals surface area contributed by atoms with Crippen molar-refractivity contribution in [1.82, 2.24) is 4.90 Å². The fourth-order valence-corrected chi connectivity index (χ4v) is 3.83. The Morgan fingerprint density at radius 1 is 1.33 bits per heavy atom. The molecule has 0 N–H and O–H groups in total. The first-order valence-corrected chi connectivity index (χ1v) is 6.90. The minimum Gasteiger partial charge on any atom is -0.376 e. The fraction of sp³-hybridized carbons (Fsp3) is 0.929. The number of halogens is 1. The average molecular weight is 255 g/mol. The zero-order valence-corrected chi connectivity index (χ0v) is 11.5. The quantitative estimate of drug-likeness (QED) is 0.756. The summed E-state index contributed by atoms with van der Waals surface area (Å²) in [4.78, 5) is 14.7. The number of likely N-dealkylation sites (tertiary alicyclic amines) is 1. The molecule has 2 saturated heterocycles. The Balaban J connectivity index is 1.78. The van der Waals surface area contributed by atoms with Crippen LogP contribution in [0, 0.1) is 11.3 Å². The van der Waals surface area contributed by atoms with E-state index in [2.05, 4.69) is 0 Å². The predicted octanol–water partition coefficient (Wildman–Crippen LogP) is 2.15. The topological polar surface area (TPSA) is 29.5 Å². The molecule has 0 aromatic rings. The molecule has 3 rings (SSSR count). The third-order valence-electron chi connectivity index (χ3n) is 5.26. The van der Waals surface area contributed by atoms with Gasteiger partial charge in [-0.3, -0.25) is 4.79 Å². The van der Waals surface area contributed by atoms with Gasteiger partial charge in [-0.05, 0) is 32.1 Å². The van der Waals surface area contributed by atoms with Crippen molar-refractivity contribution in [3.05, 3.63) is 0 Å². The van der Waals surface area contributed by atoms with Gasteiger partial charge in [-0.2, -0.15) is 0 Å². The summed E-state index contributed by atoms with van der Waals surface area (Å²) in [5, 5.41) is 0. The normalized spacial score (nSPS) is 41.3. The molecule has 3 fully saturated rings. The summed E-state index contributed by atoms with van der Waals surface area (Å²) in [6.07, 6.45) is 1.80. The molecule has 0 radical (unpaired) electrons. The summed E-state index contributed by atoms with van der Waals surface area (Å²) in [6, 6.07) is 0. The highest BCUT2D eigenvalue weighted by molar-refractivity contribution is 5.86. The van der Waals surface area contributed by atoms with Crippen LogP contribution in [0.25, 0.3) is 0 Å². The number of rotatable bonds is 2. The Bertz CT molecular complexity index is 374. The van der Waals surface area contributed by atoms with Crippen molar-refractivity contribution in [3.8, 4) is 0 Å². The van der Waals surface area contributed by atoms with Gasteiger partial charge in [-0.1, -0.05) is 13.8 Å². The van der Waals surface area contributed by atoms with E-state index in [9.17, 15) is 9.18 Å². The van der Waals surface area contributed by atoms with Gasteiger partial charge < -0.3 is 9.64 Å². The van der Waals surface area contributed by atoms with E-state index in [0.717, 1.165) is 13.0 Å². The van der Waals surface area contributed by atoms with Crippen molar-refractivity contribution in [2.45, 2.75) is 51.2 Å². The number of amides is 1. The van der Waals surface area contributed by atoms with Gasteiger partial charge in [0.05, 0.1) is 24.2 Å². The zero-order chi connectivity index (χ0) is 13.2. The average Bonchev–Trinajstić information content (AvgIpc) is 2.08. The number of alkyl halides is 1. The van der Waals surface area contributed by atoms with Gasteiger partial charge >= 0.3 is 0 Å². The number of nitrogens with zero attached hydrogens (tertiary/aromatic N) is 1. The highest BCUT2D eigenvalue weighted by Gasteiger charge is 2.64. The Morgan fingerprint density at radius 2 is 1.94 bits per heavy atom. The summed E-state index contributed by atoms with van der Waals surface area (Å²) in [6.45, 7) is 7.84. The number of carbonyl (C=O) groups is 1. The van der Waals surface area contributed by atoms with E-state index in [0.29, 0.717) is 26.1 Å². The Labute approximate surface area is 108 Å². The van der Waals surface area contributed by atoms with Crippen LogP contribution in [-0.2, 0) is 9.53 Å². The molecule has 0 aromatic carbocycles. The van der Waals surface area contributed by atoms with Crippen LogP contribution in [0.5, 0.6) is 0 Å². The van der Waals surface area contributed by atoms with E-state index in [1.54, 1.807) is 6.92 Å². The number of hydrogen-bond donors (Lipinski definition) is 0. The zero-order valence-electron chi connectivity index (χ0n) is 11.5. The van der Waals surface area contributed by atoms with Crippen LogP contribution in [0.15, 0.2) is 0 Å². The third-order valence-corrected chi connectivity index (χ3v) is 5.26. The molecule has 1 aliphatic carbocycles. The molecule has 0 atom stereocenters. The molecule has 18 heavy (non-hydrogen) atoms. The molecule has 102 valence electrons. The lowest BCUT2D eigenvalue weighted by Gasteiger charge is -2.62. The maximum Gasteiger partial charge on any atom is 0.229 e. The van der Waals surface area contributed by atoms with Gasteiger partial charge in [-0.25, -0.2) is 4.39 Å². The summed E-state index contributed by atoms with van der Waals surface area (Å²) in [7, 11) is 0. The van der Waals surface area contributed by atoms with E-state index < -0.39 is 11.1 Å². The van der Waals surface area contributed by atoms with Gasteiger partial charge in [0.2, 0.25) is 5.91 Å². The molecule has 1 saturated carbocycles. The lowest BCUT2D eigenvalue weighted by atomic mass is 9.54. The maximum atomic E-state index is 13.9. The van der Waals surface area contributed by atoms with Crippen LogP contribution >= 0.6 is 0 Å². The van der Waals surface area contributed by atoms with Crippen LogP contribution < -0.4 is 0 Å². The van der Waals surface area contributed by atoms with Crippen molar-refractivity contribution < 1.29 is 13.9 Å². The highest BCUT2D eigenvalue weighted by atomic mass is 19.1. The molecule has 3 nitrogen and oxygen atoms in total. The standard InChI is InChI=1S/C14H22FNO2/c1-10(2)14(6-12(3,15)7-14)11(17)16-5-4-13(16)8-18-9-13/h10H,4-9H2,1-3H3. The van der Waals surface area contributed by atoms with Crippen molar-refractivity contribution in [2.24, 2.45) is 11.3 Å². The van der Waals surface area contributed by atoms with Gasteiger partial charge in [-0.15, -0.1) is 0 Å². The van der Waals surface area contributed by atoms with Gasteiger partial charge in [0, 0.05) is 6.54 Å². The Kier molecular flexibility index (Phi) is 2.39. The van der Waals surface area contributed by atoms with E-state index in [1.807, 2.05) is 18.7 Å². The lowest BCUT2D eigenvalue weighted by Crippen LogP contribution is -2.75. The van der Waals surface area contributed by atoms with Gasteiger partial charge in [0.15, 0.2) is 0 Å². The first kappa shape index (κ1) is 12.4. The van der Waals surface area contributed by atoms with Gasteiger partial charge in [0.1, 0.15) is 5.67 Å². The predicted molar refractivity (Wildman–Crippen MR) is 65.9 cm³/mol. The monoisotopic (exact) mass is 255 g/mol. The van der Waals surface area contributed by atoms with E-state index in [-0.39, 0.29) is 17.4 Å². The molecular weight excluding hydrogens is 233 g/mol. The highest BCUT2D eigenvalue weighted by Crippen LogP contribution is 2.57. The molecule has 1 spiro atoms. The minimum atomic E-state index is -1.16. The van der Waals surface area contributed by atoms with Crippen LogP contribution in [0.2, 0.25) is 0 Å². The molecule has 2 aliphatic heterocycles. The molecule has 0 aromatic heterocycles. The second-order valence-corrected chi connectivity index (χ2v) is 7.00. The summed E-state index contributed by atoms with van der Waals surface area (Å²) in [5.74, 6) is 0.370. The van der Waals surface area contributed by atoms with Crippen LogP contribution in [0.4, 0.5) is 4.39 Å². The van der Waals surface area contributed by atoms with E-state index in [1.165, 1.54) is 0 Å². The largest absolute Gasteiger partial charge is 0.376 e. The molecular formula is C14H22FNO2. The second kappa shape index (κ2) is 3.47.